The van der Waals surface area contributed by atoms with Gasteiger partial charge in [-0.3, -0.25) is 5.01 Å². The van der Waals surface area contributed by atoms with Crippen LogP contribution in [0.15, 0.2) is 65.8 Å². The Balaban J connectivity index is 2.02. The number of rotatable bonds is 2. The van der Waals surface area contributed by atoms with Crippen molar-refractivity contribution >= 4 is 11.4 Å². The van der Waals surface area contributed by atoms with Crippen LogP contribution in [0.4, 0.5) is 5.69 Å². The highest BCUT2D eigenvalue weighted by Gasteiger charge is 2.33. The Bertz CT molecular complexity index is 575. The fourth-order valence-corrected chi connectivity index (χ4v) is 2.64. The molecule has 2 nitrogen and oxygen atoms in total. The Labute approximate surface area is 114 Å². The van der Waals surface area contributed by atoms with Crippen molar-refractivity contribution in [2.24, 2.45) is 11.0 Å². The number of anilines is 1. The van der Waals surface area contributed by atoms with Crippen LogP contribution in [0.1, 0.15) is 25.5 Å². The summed E-state index contributed by atoms with van der Waals surface area (Å²) >= 11 is 0. The number of hydrazone groups is 1. The molecule has 2 unspecified atom stereocenters. The third-order valence-electron chi connectivity index (χ3n) is 3.82. The highest BCUT2D eigenvalue weighted by Crippen LogP contribution is 2.38. The summed E-state index contributed by atoms with van der Waals surface area (Å²) in [7, 11) is 0. The van der Waals surface area contributed by atoms with Crippen LogP contribution in [0.25, 0.3) is 0 Å². The first-order chi connectivity index (χ1) is 9.27. The molecule has 2 heteroatoms. The van der Waals surface area contributed by atoms with Gasteiger partial charge in [0.25, 0.3) is 0 Å². The van der Waals surface area contributed by atoms with Gasteiger partial charge in [0.2, 0.25) is 0 Å². The Morgan fingerprint density at radius 3 is 2.11 bits per heavy atom. The summed E-state index contributed by atoms with van der Waals surface area (Å²) in [5, 5.41) is 6.90. The summed E-state index contributed by atoms with van der Waals surface area (Å²) < 4.78 is 0. The Morgan fingerprint density at radius 2 is 1.47 bits per heavy atom. The summed E-state index contributed by atoms with van der Waals surface area (Å²) in [6.45, 7) is 4.36. The average molecular weight is 250 g/mol. The van der Waals surface area contributed by atoms with Gasteiger partial charge in [0.1, 0.15) is 0 Å². The van der Waals surface area contributed by atoms with Crippen LogP contribution in [-0.2, 0) is 0 Å². The van der Waals surface area contributed by atoms with Gasteiger partial charge in [0, 0.05) is 11.6 Å². The SMILES string of the molecule is CC1=NN(c2ccccc2)C(c2ccccc2)C1C. The van der Waals surface area contributed by atoms with Crippen molar-refractivity contribution in [1.29, 1.82) is 0 Å². The first kappa shape index (κ1) is 12.0. The molecular formula is C17H18N2. The van der Waals surface area contributed by atoms with Gasteiger partial charge >= 0.3 is 0 Å². The first-order valence-electron chi connectivity index (χ1n) is 6.71. The molecule has 0 bridgehead atoms. The van der Waals surface area contributed by atoms with Gasteiger partial charge in [0.15, 0.2) is 0 Å². The van der Waals surface area contributed by atoms with Crippen LogP contribution in [-0.4, -0.2) is 5.71 Å². The molecule has 0 N–H and O–H groups in total. The zero-order valence-corrected chi connectivity index (χ0v) is 11.3. The van der Waals surface area contributed by atoms with Crippen LogP contribution >= 0.6 is 0 Å². The van der Waals surface area contributed by atoms with Crippen LogP contribution in [0, 0.1) is 5.92 Å². The van der Waals surface area contributed by atoms with Crippen molar-refractivity contribution in [2.45, 2.75) is 19.9 Å². The standard InChI is InChI=1S/C17H18N2/c1-13-14(2)18-19(16-11-7-4-8-12-16)17(13)15-9-5-3-6-10-15/h3-13,17H,1-2H3. The van der Waals surface area contributed by atoms with Gasteiger partial charge in [-0.2, -0.15) is 5.10 Å². The molecule has 0 aliphatic carbocycles. The molecule has 1 heterocycles. The molecule has 0 radical (unpaired) electrons. The zero-order chi connectivity index (χ0) is 13.2. The summed E-state index contributed by atoms with van der Waals surface area (Å²) in [6, 6.07) is 21.3. The maximum atomic E-state index is 4.75. The minimum atomic E-state index is 0.295. The Hall–Kier alpha value is -2.09. The van der Waals surface area contributed by atoms with E-state index in [1.807, 2.05) is 6.07 Å². The lowest BCUT2D eigenvalue weighted by molar-refractivity contribution is 0.588. The normalized spacial score (nSPS) is 22.4. The fraction of sp³-hybridized carbons (Fsp3) is 0.235. The zero-order valence-electron chi connectivity index (χ0n) is 11.3. The van der Waals surface area contributed by atoms with E-state index in [0.29, 0.717) is 12.0 Å². The van der Waals surface area contributed by atoms with Gasteiger partial charge < -0.3 is 0 Å². The van der Waals surface area contributed by atoms with Crippen molar-refractivity contribution in [2.75, 3.05) is 5.01 Å². The maximum absolute atomic E-state index is 4.75. The van der Waals surface area contributed by atoms with Gasteiger partial charge in [-0.1, -0.05) is 55.5 Å². The fourth-order valence-electron chi connectivity index (χ4n) is 2.64. The number of hydrogen-bond acceptors (Lipinski definition) is 2. The summed E-state index contributed by atoms with van der Waals surface area (Å²) in [4.78, 5) is 0. The molecule has 1 aliphatic rings. The summed E-state index contributed by atoms with van der Waals surface area (Å²) in [5.41, 5.74) is 3.66. The van der Waals surface area contributed by atoms with E-state index < -0.39 is 0 Å². The smallest absolute Gasteiger partial charge is 0.0853 e. The lowest BCUT2D eigenvalue weighted by Gasteiger charge is -2.26. The topological polar surface area (TPSA) is 15.6 Å². The van der Waals surface area contributed by atoms with Crippen molar-refractivity contribution in [3.05, 3.63) is 66.2 Å². The van der Waals surface area contributed by atoms with Crippen molar-refractivity contribution in [3.63, 3.8) is 0 Å². The lowest BCUT2D eigenvalue weighted by Crippen LogP contribution is -2.23. The molecule has 0 amide bonds. The first-order valence-corrected chi connectivity index (χ1v) is 6.71. The highest BCUT2D eigenvalue weighted by molar-refractivity contribution is 5.88. The van der Waals surface area contributed by atoms with Crippen LogP contribution < -0.4 is 5.01 Å². The minimum absolute atomic E-state index is 0.295. The van der Waals surface area contributed by atoms with Crippen LogP contribution in [0.3, 0.4) is 0 Å². The Morgan fingerprint density at radius 1 is 0.895 bits per heavy atom. The second kappa shape index (κ2) is 4.88. The van der Waals surface area contributed by atoms with Gasteiger partial charge in [0.05, 0.1) is 11.7 Å². The largest absolute Gasteiger partial charge is 0.257 e. The molecule has 2 aromatic rings. The second-order valence-corrected chi connectivity index (χ2v) is 5.07. The van der Waals surface area contributed by atoms with E-state index in [0.717, 1.165) is 5.69 Å². The monoisotopic (exact) mass is 250 g/mol. The van der Waals surface area contributed by atoms with E-state index in [2.05, 4.69) is 73.5 Å². The molecule has 1 aliphatic heterocycles. The van der Waals surface area contributed by atoms with Gasteiger partial charge in [-0.25, -0.2) is 0 Å². The average Bonchev–Trinajstić information content (AvgIpc) is 2.77. The molecule has 2 aromatic carbocycles. The summed E-state index contributed by atoms with van der Waals surface area (Å²) in [6.07, 6.45) is 0. The van der Waals surface area contributed by atoms with E-state index in [1.54, 1.807) is 0 Å². The molecule has 2 atom stereocenters. The number of para-hydroxylation sites is 1. The molecule has 0 saturated heterocycles. The number of hydrogen-bond donors (Lipinski definition) is 0. The molecule has 3 rings (SSSR count). The van der Waals surface area contributed by atoms with Crippen molar-refractivity contribution < 1.29 is 0 Å². The van der Waals surface area contributed by atoms with E-state index >= 15 is 0 Å². The Kier molecular flexibility index (Phi) is 3.08. The van der Waals surface area contributed by atoms with E-state index in [4.69, 9.17) is 5.10 Å². The molecule has 0 aromatic heterocycles. The lowest BCUT2D eigenvalue weighted by atomic mass is 9.92. The quantitative estimate of drug-likeness (QED) is 0.777. The summed E-state index contributed by atoms with van der Waals surface area (Å²) in [5.74, 6) is 0.433. The molecular weight excluding hydrogens is 232 g/mol. The minimum Gasteiger partial charge on any atom is -0.257 e. The van der Waals surface area contributed by atoms with Crippen LogP contribution in [0.2, 0.25) is 0 Å². The van der Waals surface area contributed by atoms with Gasteiger partial charge in [-0.05, 0) is 24.6 Å². The predicted molar refractivity (Wildman–Crippen MR) is 80.4 cm³/mol. The molecule has 19 heavy (non-hydrogen) atoms. The van der Waals surface area contributed by atoms with Gasteiger partial charge in [-0.15, -0.1) is 0 Å². The molecule has 96 valence electrons. The third kappa shape index (κ3) is 2.14. The highest BCUT2D eigenvalue weighted by atomic mass is 15.5. The van der Waals surface area contributed by atoms with Crippen molar-refractivity contribution in [1.82, 2.24) is 0 Å². The predicted octanol–water partition coefficient (Wildman–Crippen LogP) is 4.26. The molecule has 0 saturated carbocycles. The number of benzene rings is 2. The number of nitrogens with zero attached hydrogens (tertiary/aromatic N) is 2. The van der Waals surface area contributed by atoms with Crippen molar-refractivity contribution in [3.8, 4) is 0 Å². The van der Waals surface area contributed by atoms with E-state index in [-0.39, 0.29) is 0 Å². The third-order valence-corrected chi connectivity index (χ3v) is 3.82. The second-order valence-electron chi connectivity index (χ2n) is 5.07. The maximum Gasteiger partial charge on any atom is 0.0853 e. The van der Waals surface area contributed by atoms with E-state index in [1.165, 1.54) is 11.3 Å². The molecule has 0 fully saturated rings. The van der Waals surface area contributed by atoms with E-state index in [9.17, 15) is 0 Å². The van der Waals surface area contributed by atoms with Crippen LogP contribution in [0.5, 0.6) is 0 Å². The molecule has 0 spiro atoms.